The molecule has 0 aliphatic carbocycles. The van der Waals surface area contributed by atoms with Crippen LogP contribution in [0, 0.1) is 0 Å². The Balaban J connectivity index is 2.08. The second kappa shape index (κ2) is 9.71. The summed E-state index contributed by atoms with van der Waals surface area (Å²) in [5.41, 5.74) is 2.67. The summed E-state index contributed by atoms with van der Waals surface area (Å²) in [4.78, 5) is 12.1. The number of hydrogen-bond donors (Lipinski definition) is 0. The van der Waals surface area contributed by atoms with E-state index in [0.29, 0.717) is 11.5 Å². The van der Waals surface area contributed by atoms with Crippen LogP contribution in [0.25, 0.3) is 6.08 Å². The van der Waals surface area contributed by atoms with Crippen molar-refractivity contribution >= 4 is 22.1 Å². The molecule has 0 spiro atoms. The Kier molecular flexibility index (Phi) is 7.59. The molecule has 0 fully saturated rings. The standard InChI is InChI=1S/C22H27NO5S/c1-16(2)19-10-6-18(7-11-19)15-28-22(24)13-9-17-8-12-20(27-5)21(14-17)29(25,26)23(3)4/h6-14,16H,15H2,1-5H3/b13-9+. The summed E-state index contributed by atoms with van der Waals surface area (Å²) in [6.07, 6.45) is 2.79. The number of sulfonamides is 1. The zero-order valence-corrected chi connectivity index (χ0v) is 18.2. The molecule has 29 heavy (non-hydrogen) atoms. The molecule has 2 aromatic carbocycles. The number of nitrogens with zero attached hydrogens (tertiary/aromatic N) is 1. The van der Waals surface area contributed by atoms with Crippen molar-refractivity contribution in [3.05, 3.63) is 65.2 Å². The average molecular weight is 418 g/mol. The molecule has 0 unspecified atom stereocenters. The molecule has 0 saturated heterocycles. The monoisotopic (exact) mass is 417 g/mol. The summed E-state index contributed by atoms with van der Waals surface area (Å²) in [5, 5.41) is 0. The fourth-order valence-electron chi connectivity index (χ4n) is 2.56. The number of methoxy groups -OCH3 is 1. The van der Waals surface area contributed by atoms with Gasteiger partial charge in [0.25, 0.3) is 0 Å². The number of carbonyl (C=O) groups is 1. The van der Waals surface area contributed by atoms with Crippen molar-refractivity contribution in [3.8, 4) is 5.75 Å². The zero-order valence-electron chi connectivity index (χ0n) is 17.4. The van der Waals surface area contributed by atoms with Gasteiger partial charge in [0.2, 0.25) is 10.0 Å². The van der Waals surface area contributed by atoms with Crippen LogP contribution in [0.2, 0.25) is 0 Å². The van der Waals surface area contributed by atoms with Crippen molar-refractivity contribution in [2.75, 3.05) is 21.2 Å². The topological polar surface area (TPSA) is 72.9 Å². The molecule has 0 saturated carbocycles. The van der Waals surface area contributed by atoms with E-state index in [1.54, 1.807) is 12.1 Å². The van der Waals surface area contributed by atoms with Crippen molar-refractivity contribution in [2.45, 2.75) is 31.3 Å². The predicted molar refractivity (Wildman–Crippen MR) is 113 cm³/mol. The van der Waals surface area contributed by atoms with E-state index in [1.165, 1.54) is 45.0 Å². The molecule has 0 atom stereocenters. The molecule has 2 aromatic rings. The number of carbonyl (C=O) groups excluding carboxylic acids is 1. The molecule has 6 nitrogen and oxygen atoms in total. The minimum Gasteiger partial charge on any atom is -0.495 e. The fourth-order valence-corrected chi connectivity index (χ4v) is 3.64. The van der Waals surface area contributed by atoms with E-state index in [2.05, 4.69) is 13.8 Å². The molecule has 0 heterocycles. The minimum absolute atomic E-state index is 0.0331. The van der Waals surface area contributed by atoms with Gasteiger partial charge in [0, 0.05) is 20.2 Å². The van der Waals surface area contributed by atoms with E-state index < -0.39 is 16.0 Å². The highest BCUT2D eigenvalue weighted by Crippen LogP contribution is 2.27. The van der Waals surface area contributed by atoms with Gasteiger partial charge in [-0.2, -0.15) is 0 Å². The molecule has 0 amide bonds. The van der Waals surface area contributed by atoms with Crippen LogP contribution in [0.4, 0.5) is 0 Å². The number of hydrogen-bond acceptors (Lipinski definition) is 5. The molecular weight excluding hydrogens is 390 g/mol. The van der Waals surface area contributed by atoms with Crippen LogP contribution in [0.1, 0.15) is 36.5 Å². The summed E-state index contributed by atoms with van der Waals surface area (Å²) in [5.74, 6) is 0.175. The second-order valence-electron chi connectivity index (χ2n) is 7.04. The smallest absolute Gasteiger partial charge is 0.331 e. The lowest BCUT2D eigenvalue weighted by molar-refractivity contribution is -0.138. The quantitative estimate of drug-likeness (QED) is 0.482. The molecule has 7 heteroatoms. The third-order valence-electron chi connectivity index (χ3n) is 4.39. The first kappa shape index (κ1) is 22.6. The summed E-state index contributed by atoms with van der Waals surface area (Å²) < 4.78 is 36.4. The fraction of sp³-hybridized carbons (Fsp3) is 0.318. The Morgan fingerprint density at radius 1 is 1.10 bits per heavy atom. The lowest BCUT2D eigenvalue weighted by Crippen LogP contribution is -2.22. The van der Waals surface area contributed by atoms with E-state index in [1.807, 2.05) is 24.3 Å². The number of rotatable bonds is 8. The van der Waals surface area contributed by atoms with E-state index in [9.17, 15) is 13.2 Å². The van der Waals surface area contributed by atoms with Crippen molar-refractivity contribution in [3.63, 3.8) is 0 Å². The van der Waals surface area contributed by atoms with Gasteiger partial charge in [-0.3, -0.25) is 0 Å². The first-order valence-electron chi connectivity index (χ1n) is 9.19. The highest BCUT2D eigenvalue weighted by atomic mass is 32.2. The van der Waals surface area contributed by atoms with Gasteiger partial charge in [-0.15, -0.1) is 0 Å². The van der Waals surface area contributed by atoms with Gasteiger partial charge in [-0.1, -0.05) is 44.2 Å². The molecule has 0 N–H and O–H groups in total. The lowest BCUT2D eigenvalue weighted by atomic mass is 10.0. The van der Waals surface area contributed by atoms with Crippen LogP contribution in [0.5, 0.6) is 5.75 Å². The summed E-state index contributed by atoms with van der Waals surface area (Å²) in [6.45, 7) is 4.41. The van der Waals surface area contributed by atoms with Crippen LogP contribution in [0.3, 0.4) is 0 Å². The molecule has 0 radical (unpaired) electrons. The van der Waals surface area contributed by atoms with Gasteiger partial charge in [0.15, 0.2) is 0 Å². The average Bonchev–Trinajstić information content (AvgIpc) is 2.70. The number of benzene rings is 2. The molecule has 0 bridgehead atoms. The summed E-state index contributed by atoms with van der Waals surface area (Å²) in [6, 6.07) is 12.6. The molecule has 156 valence electrons. The van der Waals surface area contributed by atoms with E-state index in [-0.39, 0.29) is 17.3 Å². The van der Waals surface area contributed by atoms with Crippen molar-refractivity contribution in [1.82, 2.24) is 4.31 Å². The van der Waals surface area contributed by atoms with Crippen LogP contribution in [-0.2, 0) is 26.2 Å². The van der Waals surface area contributed by atoms with E-state index >= 15 is 0 Å². The largest absolute Gasteiger partial charge is 0.495 e. The van der Waals surface area contributed by atoms with Crippen molar-refractivity contribution in [1.29, 1.82) is 0 Å². The SMILES string of the molecule is COc1ccc(/C=C/C(=O)OCc2ccc(C(C)C)cc2)cc1S(=O)(=O)N(C)C. The Morgan fingerprint density at radius 3 is 2.31 bits per heavy atom. The molecule has 0 aliphatic rings. The number of esters is 1. The molecule has 0 aliphatic heterocycles. The van der Waals surface area contributed by atoms with Crippen molar-refractivity contribution in [2.24, 2.45) is 0 Å². The lowest BCUT2D eigenvalue weighted by Gasteiger charge is -2.14. The third kappa shape index (κ3) is 5.92. The molecular formula is C22H27NO5S. The maximum absolute atomic E-state index is 12.5. The van der Waals surface area contributed by atoms with Gasteiger partial charge in [-0.05, 0) is 40.8 Å². The van der Waals surface area contributed by atoms with Crippen LogP contribution in [0.15, 0.2) is 53.4 Å². The molecule has 0 aromatic heterocycles. The van der Waals surface area contributed by atoms with Crippen LogP contribution >= 0.6 is 0 Å². The van der Waals surface area contributed by atoms with E-state index in [4.69, 9.17) is 9.47 Å². The minimum atomic E-state index is -3.68. The van der Waals surface area contributed by atoms with Crippen LogP contribution < -0.4 is 4.74 Å². The maximum atomic E-state index is 12.5. The highest BCUT2D eigenvalue weighted by Gasteiger charge is 2.22. The Labute approximate surface area is 172 Å². The van der Waals surface area contributed by atoms with Crippen LogP contribution in [-0.4, -0.2) is 39.9 Å². The Morgan fingerprint density at radius 2 is 1.76 bits per heavy atom. The van der Waals surface area contributed by atoms with Gasteiger partial charge < -0.3 is 9.47 Å². The van der Waals surface area contributed by atoms with Gasteiger partial charge in [-0.25, -0.2) is 17.5 Å². The van der Waals surface area contributed by atoms with Crippen molar-refractivity contribution < 1.29 is 22.7 Å². The third-order valence-corrected chi connectivity index (χ3v) is 6.22. The Hall–Kier alpha value is -2.64. The summed E-state index contributed by atoms with van der Waals surface area (Å²) >= 11 is 0. The Bertz CT molecular complexity index is 977. The van der Waals surface area contributed by atoms with Gasteiger partial charge in [0.1, 0.15) is 17.3 Å². The zero-order chi connectivity index (χ0) is 21.6. The predicted octanol–water partition coefficient (Wildman–Crippen LogP) is 3.83. The first-order valence-corrected chi connectivity index (χ1v) is 10.6. The summed E-state index contributed by atoms with van der Waals surface area (Å²) in [7, 11) is 0.622. The maximum Gasteiger partial charge on any atom is 0.331 e. The first-order chi connectivity index (χ1) is 13.6. The van der Waals surface area contributed by atoms with Gasteiger partial charge in [0.05, 0.1) is 7.11 Å². The van der Waals surface area contributed by atoms with E-state index in [0.717, 1.165) is 9.87 Å². The molecule has 2 rings (SSSR count). The highest BCUT2D eigenvalue weighted by molar-refractivity contribution is 7.89. The second-order valence-corrected chi connectivity index (χ2v) is 9.16. The van der Waals surface area contributed by atoms with Gasteiger partial charge >= 0.3 is 5.97 Å². The number of ether oxygens (including phenoxy) is 2. The normalized spacial score (nSPS) is 12.0.